The highest BCUT2D eigenvalue weighted by atomic mass is 32.2. The summed E-state index contributed by atoms with van der Waals surface area (Å²) in [5.74, 6) is 0.460. The molecule has 0 aromatic heterocycles. The van der Waals surface area contributed by atoms with Crippen LogP contribution in [0.1, 0.15) is 42.6 Å². The minimum absolute atomic E-state index is 0.155. The Morgan fingerprint density at radius 2 is 1.70 bits per heavy atom. The Bertz CT molecular complexity index is 858. The predicted octanol–water partition coefficient (Wildman–Crippen LogP) is 4.27. The van der Waals surface area contributed by atoms with Crippen molar-refractivity contribution in [3.05, 3.63) is 71.1 Å². The minimum Gasteiger partial charge on any atom is -0.352 e. The van der Waals surface area contributed by atoms with Gasteiger partial charge in [-0.2, -0.15) is 0 Å². The van der Waals surface area contributed by atoms with Gasteiger partial charge in [-0.15, -0.1) is 0 Å². The molecule has 0 bridgehead atoms. The molecule has 0 atom stereocenters. The van der Waals surface area contributed by atoms with Crippen LogP contribution in [-0.4, -0.2) is 20.9 Å². The van der Waals surface area contributed by atoms with E-state index in [-0.39, 0.29) is 5.91 Å². The normalized spacial score (nSPS) is 11.7. The largest absolute Gasteiger partial charge is 0.352 e. The molecule has 27 heavy (non-hydrogen) atoms. The van der Waals surface area contributed by atoms with Gasteiger partial charge in [0.25, 0.3) is 15.9 Å². The monoisotopic (exact) mass is 386 g/mol. The van der Waals surface area contributed by atoms with Crippen LogP contribution in [0.2, 0.25) is 0 Å². The van der Waals surface area contributed by atoms with Gasteiger partial charge < -0.3 is 5.32 Å². The number of nitrogens with one attached hydrogen (secondary N) is 2. The van der Waals surface area contributed by atoms with E-state index in [0.29, 0.717) is 23.7 Å². The third kappa shape index (κ3) is 7.66. The molecule has 0 radical (unpaired) electrons. The third-order valence-electron chi connectivity index (χ3n) is 3.89. The van der Waals surface area contributed by atoms with Crippen molar-refractivity contribution in [2.45, 2.75) is 26.7 Å². The van der Waals surface area contributed by atoms with Crippen molar-refractivity contribution in [3.8, 4) is 0 Å². The first-order chi connectivity index (χ1) is 12.9. The molecule has 2 N–H and O–H groups in total. The Morgan fingerprint density at radius 3 is 2.33 bits per heavy atom. The summed E-state index contributed by atoms with van der Waals surface area (Å²) in [5.41, 5.74) is 1.71. The molecule has 0 aliphatic carbocycles. The van der Waals surface area contributed by atoms with Gasteiger partial charge in [0, 0.05) is 17.8 Å². The first kappa shape index (κ1) is 20.7. The lowest BCUT2D eigenvalue weighted by Crippen LogP contribution is -2.24. The maximum atomic E-state index is 12.1. The molecule has 0 saturated carbocycles. The number of amides is 1. The summed E-state index contributed by atoms with van der Waals surface area (Å²) in [6.45, 7) is 4.93. The summed E-state index contributed by atoms with van der Waals surface area (Å²) in [6, 6.07) is 15.6. The molecule has 0 fully saturated rings. The number of sulfonamides is 1. The van der Waals surface area contributed by atoms with Crippen molar-refractivity contribution in [1.29, 1.82) is 0 Å². The summed E-state index contributed by atoms with van der Waals surface area (Å²) >= 11 is 0. The quantitative estimate of drug-likeness (QED) is 0.632. The highest BCUT2D eigenvalue weighted by Crippen LogP contribution is 2.13. The molecule has 0 unspecified atom stereocenters. The maximum Gasteiger partial charge on any atom is 0.255 e. The van der Waals surface area contributed by atoms with E-state index in [0.717, 1.165) is 23.8 Å². The molecule has 2 aromatic carbocycles. The highest BCUT2D eigenvalue weighted by Gasteiger charge is 2.08. The van der Waals surface area contributed by atoms with Gasteiger partial charge in [-0.1, -0.05) is 44.2 Å². The van der Waals surface area contributed by atoms with E-state index in [1.165, 1.54) is 6.08 Å². The number of hydrogen-bond donors (Lipinski definition) is 2. The predicted molar refractivity (Wildman–Crippen MR) is 111 cm³/mol. The van der Waals surface area contributed by atoms with Gasteiger partial charge in [-0.25, -0.2) is 8.42 Å². The topological polar surface area (TPSA) is 75.3 Å². The molecule has 1 amide bonds. The van der Waals surface area contributed by atoms with E-state index in [4.69, 9.17) is 0 Å². The summed E-state index contributed by atoms with van der Waals surface area (Å²) < 4.78 is 26.8. The maximum absolute atomic E-state index is 12.1. The van der Waals surface area contributed by atoms with Crippen molar-refractivity contribution in [2.24, 2.45) is 5.92 Å². The number of rotatable bonds is 9. The van der Waals surface area contributed by atoms with Crippen LogP contribution < -0.4 is 10.0 Å². The Morgan fingerprint density at radius 1 is 1.04 bits per heavy atom. The molecule has 5 nitrogen and oxygen atoms in total. The van der Waals surface area contributed by atoms with Crippen molar-refractivity contribution in [1.82, 2.24) is 5.32 Å². The standard InChI is InChI=1S/C21H26N2O3S/c1-17(2)7-6-15-22-21(24)19-10-12-20(13-11-19)23-27(25,26)16-14-18-8-4-3-5-9-18/h3-5,8-14,16-17,23H,6-7,15H2,1-2H3,(H,22,24)/b16-14+. The number of anilines is 1. The molecule has 144 valence electrons. The number of carbonyl (C=O) groups excluding carboxylic acids is 1. The van der Waals surface area contributed by atoms with E-state index in [1.807, 2.05) is 30.3 Å². The van der Waals surface area contributed by atoms with Crippen LogP contribution in [0.15, 0.2) is 60.0 Å². The van der Waals surface area contributed by atoms with Gasteiger partial charge in [0.05, 0.1) is 5.41 Å². The molecular formula is C21H26N2O3S. The Balaban J connectivity index is 1.90. The van der Waals surface area contributed by atoms with Crippen molar-refractivity contribution < 1.29 is 13.2 Å². The molecule has 0 aliphatic rings. The fourth-order valence-corrected chi connectivity index (χ4v) is 3.30. The fraction of sp³-hybridized carbons (Fsp3) is 0.286. The lowest BCUT2D eigenvalue weighted by molar-refractivity contribution is 0.0952. The van der Waals surface area contributed by atoms with Crippen molar-refractivity contribution in [3.63, 3.8) is 0 Å². The van der Waals surface area contributed by atoms with Gasteiger partial charge in [0.15, 0.2) is 0 Å². The van der Waals surface area contributed by atoms with E-state index in [9.17, 15) is 13.2 Å². The smallest absolute Gasteiger partial charge is 0.255 e. The molecule has 2 aromatic rings. The summed E-state index contributed by atoms with van der Waals surface area (Å²) in [5, 5.41) is 3.99. The Kier molecular flexibility index (Phi) is 7.61. The van der Waals surface area contributed by atoms with Crippen LogP contribution >= 0.6 is 0 Å². The average molecular weight is 387 g/mol. The molecule has 0 aliphatic heterocycles. The first-order valence-electron chi connectivity index (χ1n) is 9.00. The minimum atomic E-state index is -3.62. The molecule has 0 heterocycles. The zero-order valence-electron chi connectivity index (χ0n) is 15.7. The lowest BCUT2D eigenvalue weighted by atomic mass is 10.1. The van der Waals surface area contributed by atoms with E-state index >= 15 is 0 Å². The van der Waals surface area contributed by atoms with Crippen LogP contribution in [0.25, 0.3) is 6.08 Å². The van der Waals surface area contributed by atoms with Crippen molar-refractivity contribution in [2.75, 3.05) is 11.3 Å². The van der Waals surface area contributed by atoms with Crippen LogP contribution in [-0.2, 0) is 10.0 Å². The summed E-state index contributed by atoms with van der Waals surface area (Å²) in [7, 11) is -3.62. The molecule has 0 saturated heterocycles. The number of benzene rings is 2. The molecular weight excluding hydrogens is 360 g/mol. The second-order valence-corrected chi connectivity index (χ2v) is 8.30. The van der Waals surface area contributed by atoms with Gasteiger partial charge in [0.1, 0.15) is 0 Å². The fourth-order valence-electron chi connectivity index (χ4n) is 2.43. The van der Waals surface area contributed by atoms with Gasteiger partial charge in [-0.05, 0) is 54.7 Å². The van der Waals surface area contributed by atoms with E-state index < -0.39 is 10.0 Å². The first-order valence-corrected chi connectivity index (χ1v) is 10.5. The van der Waals surface area contributed by atoms with E-state index in [1.54, 1.807) is 24.3 Å². The average Bonchev–Trinajstić information content (AvgIpc) is 2.64. The van der Waals surface area contributed by atoms with Gasteiger partial charge in [-0.3, -0.25) is 9.52 Å². The molecule has 6 heteroatoms. The lowest BCUT2D eigenvalue weighted by Gasteiger charge is -2.08. The molecule has 0 spiro atoms. The second kappa shape index (κ2) is 9.92. The van der Waals surface area contributed by atoms with Crippen LogP contribution in [0, 0.1) is 5.92 Å². The van der Waals surface area contributed by atoms with E-state index in [2.05, 4.69) is 23.9 Å². The zero-order chi connectivity index (χ0) is 19.7. The Labute approximate surface area is 161 Å². The van der Waals surface area contributed by atoms with Gasteiger partial charge in [0.2, 0.25) is 0 Å². The zero-order valence-corrected chi connectivity index (χ0v) is 16.5. The SMILES string of the molecule is CC(C)CCCNC(=O)c1ccc(NS(=O)(=O)/C=C/c2ccccc2)cc1. The Hall–Kier alpha value is -2.60. The summed E-state index contributed by atoms with van der Waals surface area (Å²) in [6.07, 6.45) is 3.54. The third-order valence-corrected chi connectivity index (χ3v) is 4.90. The highest BCUT2D eigenvalue weighted by molar-refractivity contribution is 7.95. The van der Waals surface area contributed by atoms with Crippen molar-refractivity contribution >= 4 is 27.7 Å². The van der Waals surface area contributed by atoms with Crippen LogP contribution in [0.5, 0.6) is 0 Å². The number of carbonyl (C=O) groups is 1. The number of hydrogen-bond acceptors (Lipinski definition) is 3. The second-order valence-electron chi connectivity index (χ2n) is 6.73. The molecule has 2 rings (SSSR count). The van der Waals surface area contributed by atoms with Crippen LogP contribution in [0.3, 0.4) is 0 Å². The summed E-state index contributed by atoms with van der Waals surface area (Å²) in [4.78, 5) is 12.1. The van der Waals surface area contributed by atoms with Gasteiger partial charge >= 0.3 is 0 Å². The van der Waals surface area contributed by atoms with Crippen LogP contribution in [0.4, 0.5) is 5.69 Å².